The average Bonchev–Trinajstić information content (AvgIpc) is 2.92. The van der Waals surface area contributed by atoms with E-state index in [4.69, 9.17) is 4.74 Å². The van der Waals surface area contributed by atoms with E-state index in [1.807, 2.05) is 45.0 Å². The molecule has 1 saturated heterocycles. The number of nitrogens with one attached hydrogen (secondary N) is 3. The number of benzene rings is 1. The van der Waals surface area contributed by atoms with Gasteiger partial charge >= 0.3 is 5.97 Å². The molecule has 1 aromatic heterocycles. The van der Waals surface area contributed by atoms with Gasteiger partial charge in [-0.05, 0) is 61.8 Å². The number of rotatable bonds is 1. The highest BCUT2D eigenvalue weighted by Gasteiger charge is 2.34. The minimum atomic E-state index is -0.868. The number of esters is 1. The van der Waals surface area contributed by atoms with E-state index >= 15 is 0 Å². The van der Waals surface area contributed by atoms with Gasteiger partial charge in [0.2, 0.25) is 11.8 Å². The molecule has 5 bridgehead atoms. The number of ether oxygens (including phenoxy) is 1. The fourth-order valence-corrected chi connectivity index (χ4v) is 4.71. The molecular weight excluding hydrogens is 498 g/mol. The van der Waals surface area contributed by atoms with Crippen LogP contribution in [0.3, 0.4) is 0 Å². The van der Waals surface area contributed by atoms with Crippen LogP contribution in [-0.4, -0.2) is 58.4 Å². The van der Waals surface area contributed by atoms with Gasteiger partial charge in [0.1, 0.15) is 24.2 Å². The molecule has 0 radical (unpaired) electrons. The van der Waals surface area contributed by atoms with E-state index < -0.39 is 42.0 Å². The predicted molar refractivity (Wildman–Crippen MR) is 147 cm³/mol. The summed E-state index contributed by atoms with van der Waals surface area (Å²) in [7, 11) is 0. The molecule has 3 amide bonds. The van der Waals surface area contributed by atoms with Crippen LogP contribution in [0, 0.1) is 11.8 Å². The number of pyridine rings is 1. The molecule has 3 N–H and O–H groups in total. The van der Waals surface area contributed by atoms with E-state index in [1.165, 1.54) is 5.01 Å². The highest BCUT2D eigenvalue weighted by molar-refractivity contribution is 5.93. The Morgan fingerprint density at radius 1 is 1.00 bits per heavy atom. The molecule has 0 saturated carbocycles. The summed E-state index contributed by atoms with van der Waals surface area (Å²) in [6.45, 7) is 9.20. The quantitative estimate of drug-likeness (QED) is 0.479. The normalized spacial score (nSPS) is 28.2. The first-order valence-corrected chi connectivity index (χ1v) is 13.5. The zero-order valence-electron chi connectivity index (χ0n) is 23.1. The fraction of sp³-hybridized carbons (Fsp3) is 0.483. The number of fused-ring (bicyclic) bond motifs is 4. The lowest BCUT2D eigenvalue weighted by Crippen LogP contribution is -2.61. The van der Waals surface area contributed by atoms with Crippen molar-refractivity contribution in [3.63, 3.8) is 0 Å². The Morgan fingerprint density at radius 3 is 2.51 bits per heavy atom. The maximum absolute atomic E-state index is 13.1. The average molecular weight is 536 g/mol. The molecule has 0 aliphatic carbocycles. The molecule has 2 aliphatic rings. The van der Waals surface area contributed by atoms with Crippen molar-refractivity contribution >= 4 is 40.5 Å². The Morgan fingerprint density at radius 2 is 1.77 bits per heavy atom. The van der Waals surface area contributed by atoms with Crippen molar-refractivity contribution in [3.05, 3.63) is 47.8 Å². The Labute approximate surface area is 228 Å². The first-order valence-electron chi connectivity index (χ1n) is 13.5. The Balaban J connectivity index is 1.67. The molecule has 208 valence electrons. The van der Waals surface area contributed by atoms with Gasteiger partial charge in [-0.1, -0.05) is 39.0 Å². The number of hydrogen-bond acceptors (Lipinski definition) is 7. The molecule has 0 spiro atoms. The molecule has 2 aromatic rings. The molecule has 10 nitrogen and oxygen atoms in total. The van der Waals surface area contributed by atoms with Crippen LogP contribution in [0.5, 0.6) is 0 Å². The van der Waals surface area contributed by atoms with E-state index in [1.54, 1.807) is 32.2 Å². The molecule has 1 unspecified atom stereocenters. The van der Waals surface area contributed by atoms with Crippen LogP contribution in [0.4, 0.5) is 0 Å². The molecule has 2 aliphatic heterocycles. The Bertz CT molecular complexity index is 1290. The van der Waals surface area contributed by atoms with Gasteiger partial charge in [-0.3, -0.25) is 29.2 Å². The molecule has 3 heterocycles. The summed E-state index contributed by atoms with van der Waals surface area (Å²) < 4.78 is 5.78. The summed E-state index contributed by atoms with van der Waals surface area (Å²) >= 11 is 0. The van der Waals surface area contributed by atoms with Gasteiger partial charge in [0.05, 0.1) is 11.6 Å². The standard InChI is InChI=1S/C29H37N5O5/c1-16(2)25-27(36)31-18(4)28(37)34-12-6-7-24(33-34)29(38)39-19(5)20-9-10-21-15-30-23(14-22(21)13-20)11-8-17(3)26(35)32-25/h8-11,13-19,24-25,33H,6-7,12H2,1-5H3,(H,31,36)(H,32,35)/b11-8+/t17?,18-,19+,24-,25-/m0/s1. The lowest BCUT2D eigenvalue weighted by atomic mass is 10.0. The third-order valence-electron chi connectivity index (χ3n) is 7.21. The van der Waals surface area contributed by atoms with Crippen molar-refractivity contribution in [1.82, 2.24) is 26.1 Å². The summed E-state index contributed by atoms with van der Waals surface area (Å²) in [5.74, 6) is -2.31. The zero-order chi connectivity index (χ0) is 28.3. The minimum absolute atomic E-state index is 0.209. The minimum Gasteiger partial charge on any atom is -0.457 e. The van der Waals surface area contributed by atoms with Crippen LogP contribution >= 0.6 is 0 Å². The molecule has 1 fully saturated rings. The highest BCUT2D eigenvalue weighted by atomic mass is 16.5. The first-order chi connectivity index (χ1) is 18.5. The van der Waals surface area contributed by atoms with Crippen LogP contribution in [0.2, 0.25) is 0 Å². The third kappa shape index (κ3) is 6.62. The van der Waals surface area contributed by atoms with Crippen molar-refractivity contribution in [3.8, 4) is 0 Å². The second-order valence-electron chi connectivity index (χ2n) is 10.7. The van der Waals surface area contributed by atoms with Gasteiger partial charge in [0.25, 0.3) is 5.91 Å². The summed E-state index contributed by atoms with van der Waals surface area (Å²) in [6.07, 6.45) is 5.89. The maximum atomic E-state index is 13.1. The van der Waals surface area contributed by atoms with Gasteiger partial charge < -0.3 is 15.4 Å². The molecule has 10 heteroatoms. The largest absolute Gasteiger partial charge is 0.457 e. The molecular formula is C29H37N5O5. The monoisotopic (exact) mass is 535 g/mol. The van der Waals surface area contributed by atoms with Gasteiger partial charge in [0.15, 0.2) is 0 Å². The number of hydrazine groups is 1. The number of hydrogen-bond donors (Lipinski definition) is 3. The van der Waals surface area contributed by atoms with Crippen LogP contribution in [0.15, 0.2) is 36.5 Å². The van der Waals surface area contributed by atoms with Gasteiger partial charge in [0, 0.05) is 18.1 Å². The summed E-state index contributed by atoms with van der Waals surface area (Å²) in [5, 5.41) is 8.78. The van der Waals surface area contributed by atoms with E-state index in [-0.39, 0.29) is 17.7 Å². The number of carbonyl (C=O) groups excluding carboxylic acids is 4. The Kier molecular flexibility index (Phi) is 8.64. The van der Waals surface area contributed by atoms with E-state index in [2.05, 4.69) is 21.0 Å². The van der Waals surface area contributed by atoms with Gasteiger partial charge in [-0.2, -0.15) is 0 Å². The smallest absolute Gasteiger partial charge is 0.325 e. The van der Waals surface area contributed by atoms with Crippen molar-refractivity contribution in [2.24, 2.45) is 11.8 Å². The predicted octanol–water partition coefficient (Wildman–Crippen LogP) is 2.64. The highest BCUT2D eigenvalue weighted by Crippen LogP contribution is 2.24. The van der Waals surface area contributed by atoms with E-state index in [0.717, 1.165) is 16.3 Å². The van der Waals surface area contributed by atoms with Crippen LogP contribution < -0.4 is 16.1 Å². The van der Waals surface area contributed by atoms with Crippen LogP contribution in [0.1, 0.15) is 64.8 Å². The van der Waals surface area contributed by atoms with Crippen LogP contribution in [-0.2, 0) is 23.9 Å². The number of amides is 3. The van der Waals surface area contributed by atoms with Gasteiger partial charge in [-0.25, -0.2) is 5.43 Å². The van der Waals surface area contributed by atoms with Crippen molar-refractivity contribution < 1.29 is 23.9 Å². The topological polar surface area (TPSA) is 130 Å². The van der Waals surface area contributed by atoms with Crippen molar-refractivity contribution in [2.45, 2.75) is 71.7 Å². The lowest BCUT2D eigenvalue weighted by molar-refractivity contribution is -0.157. The van der Waals surface area contributed by atoms with Crippen LogP contribution in [0.25, 0.3) is 16.8 Å². The summed E-state index contributed by atoms with van der Waals surface area (Å²) in [5.41, 5.74) is 4.48. The molecule has 5 atom stereocenters. The fourth-order valence-electron chi connectivity index (χ4n) is 4.71. The number of nitrogens with zero attached hydrogens (tertiary/aromatic N) is 2. The number of aromatic nitrogens is 1. The molecule has 4 rings (SSSR count). The zero-order valence-corrected chi connectivity index (χ0v) is 23.1. The second kappa shape index (κ2) is 11.9. The number of cyclic esters (lactones) is 1. The van der Waals surface area contributed by atoms with Gasteiger partial charge in [-0.15, -0.1) is 0 Å². The van der Waals surface area contributed by atoms with E-state index in [9.17, 15) is 19.2 Å². The lowest BCUT2D eigenvalue weighted by Gasteiger charge is -2.35. The summed E-state index contributed by atoms with van der Waals surface area (Å²) in [4.78, 5) is 56.7. The summed E-state index contributed by atoms with van der Waals surface area (Å²) in [6, 6.07) is 5.32. The third-order valence-corrected chi connectivity index (χ3v) is 7.21. The SMILES string of the molecule is CC1/C=C/c2cc3cc(ccc3cn2)[C@@H](C)OC(=O)[C@@H]2CCCN(N2)C(=O)[C@H](C)NC(=O)[C@H](C(C)C)NC1=O. The number of carbonyl (C=O) groups is 4. The molecule has 39 heavy (non-hydrogen) atoms. The Hall–Kier alpha value is -3.79. The van der Waals surface area contributed by atoms with Crippen molar-refractivity contribution in [2.75, 3.05) is 6.54 Å². The second-order valence-corrected chi connectivity index (χ2v) is 10.7. The van der Waals surface area contributed by atoms with E-state index in [0.29, 0.717) is 25.1 Å². The van der Waals surface area contributed by atoms with Crippen molar-refractivity contribution in [1.29, 1.82) is 0 Å². The maximum Gasteiger partial charge on any atom is 0.325 e. The first kappa shape index (κ1) is 28.2. The molecule has 1 aromatic carbocycles.